The Morgan fingerprint density at radius 1 is 1.10 bits per heavy atom. The topological polar surface area (TPSA) is 3.24 Å². The second kappa shape index (κ2) is 4.78. The van der Waals surface area contributed by atoms with Gasteiger partial charge in [-0.25, -0.2) is 0 Å². The van der Waals surface area contributed by atoms with Crippen LogP contribution in [0.2, 0.25) is 6.32 Å². The molecule has 1 aliphatic rings. The summed E-state index contributed by atoms with van der Waals surface area (Å²) >= 11 is 0. The summed E-state index contributed by atoms with van der Waals surface area (Å²) in [4.78, 5) is 2.60. The SMILES string of the molecule is BCCCN1CCCCC1. The van der Waals surface area contributed by atoms with E-state index < -0.39 is 0 Å². The van der Waals surface area contributed by atoms with E-state index in [9.17, 15) is 0 Å². The third-order valence-corrected chi connectivity index (χ3v) is 2.28. The fourth-order valence-electron chi connectivity index (χ4n) is 1.56. The van der Waals surface area contributed by atoms with Crippen LogP contribution in [0.4, 0.5) is 0 Å². The van der Waals surface area contributed by atoms with Crippen LogP contribution in [-0.2, 0) is 0 Å². The van der Waals surface area contributed by atoms with Gasteiger partial charge in [-0.05, 0) is 38.9 Å². The second-order valence-electron chi connectivity index (χ2n) is 3.26. The first kappa shape index (κ1) is 8.12. The highest BCUT2D eigenvalue weighted by Gasteiger charge is 2.07. The summed E-state index contributed by atoms with van der Waals surface area (Å²) in [6.45, 7) is 4.07. The number of likely N-dealkylation sites (tertiary alicyclic amines) is 1. The van der Waals surface area contributed by atoms with Gasteiger partial charge in [0.15, 0.2) is 0 Å². The average molecular weight is 139 g/mol. The minimum atomic E-state index is 1.34. The van der Waals surface area contributed by atoms with Gasteiger partial charge in [0, 0.05) is 0 Å². The predicted octanol–water partition coefficient (Wildman–Crippen LogP) is 0.914. The average Bonchev–Trinajstić information content (AvgIpc) is 2.03. The van der Waals surface area contributed by atoms with Crippen LogP contribution in [-0.4, -0.2) is 32.4 Å². The van der Waals surface area contributed by atoms with Crippen LogP contribution in [0.5, 0.6) is 0 Å². The Morgan fingerprint density at radius 3 is 2.40 bits per heavy atom. The minimum Gasteiger partial charge on any atom is -0.303 e. The predicted molar refractivity (Wildman–Crippen MR) is 48.3 cm³/mol. The van der Waals surface area contributed by atoms with Gasteiger partial charge in [0.1, 0.15) is 7.85 Å². The molecule has 1 aliphatic heterocycles. The normalized spacial score (nSPS) is 21.2. The van der Waals surface area contributed by atoms with Crippen molar-refractivity contribution in [1.82, 2.24) is 4.90 Å². The van der Waals surface area contributed by atoms with Crippen molar-refractivity contribution >= 4 is 7.85 Å². The van der Waals surface area contributed by atoms with Gasteiger partial charge in [0.05, 0.1) is 0 Å². The molecule has 0 atom stereocenters. The van der Waals surface area contributed by atoms with Crippen LogP contribution < -0.4 is 0 Å². The summed E-state index contributed by atoms with van der Waals surface area (Å²) in [5.74, 6) is 0. The largest absolute Gasteiger partial charge is 0.303 e. The molecule has 2 heteroatoms. The molecule has 0 saturated carbocycles. The molecule has 1 nitrogen and oxygen atoms in total. The van der Waals surface area contributed by atoms with Crippen molar-refractivity contribution in [2.45, 2.75) is 32.0 Å². The van der Waals surface area contributed by atoms with Crippen molar-refractivity contribution in [2.75, 3.05) is 19.6 Å². The Morgan fingerprint density at radius 2 is 1.80 bits per heavy atom. The third kappa shape index (κ3) is 2.74. The van der Waals surface area contributed by atoms with E-state index in [1.165, 1.54) is 51.6 Å². The quantitative estimate of drug-likeness (QED) is 0.525. The van der Waals surface area contributed by atoms with Gasteiger partial charge in [-0.1, -0.05) is 12.7 Å². The summed E-state index contributed by atoms with van der Waals surface area (Å²) in [7, 11) is 2.27. The van der Waals surface area contributed by atoms with Crippen molar-refractivity contribution in [1.29, 1.82) is 0 Å². The van der Waals surface area contributed by atoms with Crippen molar-refractivity contribution in [3.63, 3.8) is 0 Å². The molecule has 0 amide bonds. The summed E-state index contributed by atoms with van der Waals surface area (Å²) in [5, 5.41) is 0. The maximum absolute atomic E-state index is 2.60. The van der Waals surface area contributed by atoms with Crippen LogP contribution in [0, 0.1) is 0 Å². The summed E-state index contributed by atoms with van der Waals surface area (Å²) in [5.41, 5.74) is 0. The molecule has 0 aliphatic carbocycles. The van der Waals surface area contributed by atoms with Crippen LogP contribution in [0.3, 0.4) is 0 Å². The van der Waals surface area contributed by atoms with Gasteiger partial charge in [-0.3, -0.25) is 0 Å². The van der Waals surface area contributed by atoms with E-state index in [0.29, 0.717) is 0 Å². The molecule has 0 bridgehead atoms. The molecule has 0 unspecified atom stereocenters. The molecule has 1 fully saturated rings. The molecule has 1 heterocycles. The summed E-state index contributed by atoms with van der Waals surface area (Å²) < 4.78 is 0. The van der Waals surface area contributed by atoms with Crippen LogP contribution in [0.1, 0.15) is 25.7 Å². The molecule has 1 saturated heterocycles. The molecule has 58 valence electrons. The Hall–Kier alpha value is 0.0249. The molecule has 0 radical (unpaired) electrons. The monoisotopic (exact) mass is 139 g/mol. The van der Waals surface area contributed by atoms with Gasteiger partial charge < -0.3 is 4.90 Å². The van der Waals surface area contributed by atoms with Gasteiger partial charge in [0.2, 0.25) is 0 Å². The summed E-state index contributed by atoms with van der Waals surface area (Å²) in [6.07, 6.45) is 7.06. The van der Waals surface area contributed by atoms with Crippen LogP contribution in [0.15, 0.2) is 0 Å². The Bertz CT molecular complexity index is 79.3. The van der Waals surface area contributed by atoms with Crippen molar-refractivity contribution in [3.8, 4) is 0 Å². The van der Waals surface area contributed by atoms with Crippen LogP contribution >= 0.6 is 0 Å². The molecule has 0 N–H and O–H groups in total. The lowest BCUT2D eigenvalue weighted by molar-refractivity contribution is 0.229. The first-order valence-electron chi connectivity index (χ1n) is 4.66. The van der Waals surface area contributed by atoms with Crippen molar-refractivity contribution in [2.24, 2.45) is 0 Å². The smallest absolute Gasteiger partial charge is 0.101 e. The fraction of sp³-hybridized carbons (Fsp3) is 1.00. The van der Waals surface area contributed by atoms with Gasteiger partial charge in [-0.2, -0.15) is 0 Å². The molecule has 0 spiro atoms. The van der Waals surface area contributed by atoms with Crippen molar-refractivity contribution < 1.29 is 0 Å². The van der Waals surface area contributed by atoms with E-state index in [1.807, 2.05) is 0 Å². The Balaban J connectivity index is 2.02. The fourth-order valence-corrected chi connectivity index (χ4v) is 1.56. The molecule has 0 aromatic heterocycles. The molecule has 0 aromatic rings. The van der Waals surface area contributed by atoms with Gasteiger partial charge in [0.25, 0.3) is 0 Å². The molecule has 0 aromatic carbocycles. The van der Waals surface area contributed by atoms with E-state index in [1.54, 1.807) is 0 Å². The van der Waals surface area contributed by atoms with Crippen molar-refractivity contribution in [3.05, 3.63) is 0 Å². The highest BCUT2D eigenvalue weighted by Crippen LogP contribution is 2.08. The summed E-state index contributed by atoms with van der Waals surface area (Å²) in [6, 6.07) is 0. The lowest BCUT2D eigenvalue weighted by Crippen LogP contribution is -2.30. The number of nitrogens with zero attached hydrogens (tertiary/aromatic N) is 1. The van der Waals surface area contributed by atoms with Gasteiger partial charge in [-0.15, -0.1) is 0 Å². The molecular formula is C8H18BN. The van der Waals surface area contributed by atoms with E-state index >= 15 is 0 Å². The lowest BCUT2D eigenvalue weighted by Gasteiger charge is -2.25. The zero-order valence-electron chi connectivity index (χ0n) is 7.10. The third-order valence-electron chi connectivity index (χ3n) is 2.28. The first-order valence-corrected chi connectivity index (χ1v) is 4.66. The van der Waals surface area contributed by atoms with E-state index in [0.717, 1.165) is 0 Å². The standard InChI is InChI=1S/C8H18BN/c9-5-4-8-10-6-2-1-3-7-10/h1-9H2. The number of piperidine rings is 1. The zero-order chi connectivity index (χ0) is 7.23. The minimum absolute atomic E-state index is 1.34. The highest BCUT2D eigenvalue weighted by molar-refractivity contribution is 6.08. The molecule has 1 rings (SSSR count). The van der Waals surface area contributed by atoms with E-state index in [4.69, 9.17) is 0 Å². The Kier molecular flexibility index (Phi) is 3.88. The van der Waals surface area contributed by atoms with E-state index in [-0.39, 0.29) is 0 Å². The highest BCUT2D eigenvalue weighted by atomic mass is 15.1. The van der Waals surface area contributed by atoms with E-state index in [2.05, 4.69) is 12.7 Å². The Labute approximate surface area is 65.2 Å². The number of hydrogen-bond acceptors (Lipinski definition) is 1. The lowest BCUT2D eigenvalue weighted by atomic mass is 10.0. The molecular weight excluding hydrogens is 121 g/mol. The zero-order valence-corrected chi connectivity index (χ0v) is 7.10. The first-order chi connectivity index (χ1) is 4.93. The number of hydrogen-bond donors (Lipinski definition) is 0. The maximum Gasteiger partial charge on any atom is 0.101 e. The number of rotatable bonds is 3. The maximum atomic E-state index is 2.60. The molecule has 10 heavy (non-hydrogen) atoms. The van der Waals surface area contributed by atoms with Crippen LogP contribution in [0.25, 0.3) is 0 Å². The second-order valence-corrected chi connectivity index (χ2v) is 3.26. The van der Waals surface area contributed by atoms with Gasteiger partial charge >= 0.3 is 0 Å².